The van der Waals surface area contributed by atoms with Crippen LogP contribution < -0.4 is 10.1 Å². The fourth-order valence-electron chi connectivity index (χ4n) is 3.39. The highest BCUT2D eigenvalue weighted by Crippen LogP contribution is 2.42. The van der Waals surface area contributed by atoms with Gasteiger partial charge in [0.05, 0.1) is 12.0 Å². The number of methoxy groups -OCH3 is 1. The van der Waals surface area contributed by atoms with Crippen LogP contribution in [-0.4, -0.2) is 17.8 Å². The highest BCUT2D eigenvalue weighted by Gasteiger charge is 2.30. The molecule has 3 nitrogen and oxygen atoms in total. The van der Waals surface area contributed by atoms with Crippen molar-refractivity contribution in [2.45, 2.75) is 55.7 Å². The number of hydrogen-bond donors (Lipinski definition) is 1. The number of thioether (sulfide) groups is 1. The average molecular weight is 331 g/mol. The molecule has 1 N–H and O–H groups in total. The zero-order valence-electron chi connectivity index (χ0n) is 14.1. The Balaban J connectivity index is 1.94. The molecule has 0 radical (unpaired) electrons. The molecule has 124 valence electrons. The molecule has 0 unspecified atom stereocenters. The topological polar surface area (TPSA) is 38.3 Å². The molecule has 1 aliphatic carbocycles. The van der Waals surface area contributed by atoms with Crippen LogP contribution in [0.3, 0.4) is 0 Å². The van der Waals surface area contributed by atoms with E-state index in [-0.39, 0.29) is 16.6 Å². The fraction of sp³-hybridized carbons (Fsp3) is 0.526. The Labute approximate surface area is 142 Å². The third kappa shape index (κ3) is 3.74. The summed E-state index contributed by atoms with van der Waals surface area (Å²) < 4.78 is 5.35. The summed E-state index contributed by atoms with van der Waals surface area (Å²) >= 11 is 1.78. The number of rotatable bonds is 3. The number of allylic oxidation sites excluding steroid dienone is 1. The van der Waals surface area contributed by atoms with Gasteiger partial charge in [-0.25, -0.2) is 0 Å². The van der Waals surface area contributed by atoms with E-state index in [0.717, 1.165) is 29.9 Å². The van der Waals surface area contributed by atoms with Gasteiger partial charge in [-0.1, -0.05) is 31.0 Å². The number of ketones is 1. The van der Waals surface area contributed by atoms with Gasteiger partial charge in [0.1, 0.15) is 5.75 Å². The van der Waals surface area contributed by atoms with Crippen LogP contribution in [0, 0.1) is 5.92 Å². The van der Waals surface area contributed by atoms with Crippen molar-refractivity contribution >= 4 is 23.2 Å². The number of fused-ring (bicyclic) bond motifs is 1. The van der Waals surface area contributed by atoms with Crippen molar-refractivity contribution < 1.29 is 9.53 Å². The van der Waals surface area contributed by atoms with Crippen molar-refractivity contribution in [2.75, 3.05) is 7.11 Å². The number of carbonyl (C=O) groups is 1. The molecule has 1 aromatic rings. The van der Waals surface area contributed by atoms with Crippen LogP contribution in [0.5, 0.6) is 5.75 Å². The summed E-state index contributed by atoms with van der Waals surface area (Å²) in [6.45, 7) is 4.29. The van der Waals surface area contributed by atoms with Gasteiger partial charge in [-0.05, 0) is 44.9 Å². The second-order valence-corrected chi connectivity index (χ2v) is 8.56. The van der Waals surface area contributed by atoms with Crippen molar-refractivity contribution in [3.63, 3.8) is 0 Å². The van der Waals surface area contributed by atoms with Crippen LogP contribution in [-0.2, 0) is 4.79 Å². The summed E-state index contributed by atoms with van der Waals surface area (Å²) in [5.41, 5.74) is 2.00. The van der Waals surface area contributed by atoms with Gasteiger partial charge in [-0.15, -0.1) is 0 Å². The molecule has 1 saturated carbocycles. The Bertz CT molecular complexity index is 630. The molecular formula is C19H25NO2S. The number of nitrogens with one attached hydrogen (secondary N) is 1. The van der Waals surface area contributed by atoms with E-state index >= 15 is 0 Å². The van der Waals surface area contributed by atoms with Gasteiger partial charge < -0.3 is 10.1 Å². The Morgan fingerprint density at radius 2 is 2.04 bits per heavy atom. The highest BCUT2D eigenvalue weighted by molar-refractivity contribution is 8.00. The Morgan fingerprint density at radius 3 is 2.74 bits per heavy atom. The summed E-state index contributed by atoms with van der Waals surface area (Å²) in [5, 5.41) is 3.52. The van der Waals surface area contributed by atoms with Crippen LogP contribution in [0.15, 0.2) is 29.2 Å². The number of hydrogen-bond acceptors (Lipinski definition) is 4. The van der Waals surface area contributed by atoms with E-state index < -0.39 is 0 Å². The van der Waals surface area contributed by atoms with Crippen LogP contribution in [0.1, 0.15) is 51.5 Å². The Hall–Kier alpha value is -1.42. The van der Waals surface area contributed by atoms with E-state index in [1.165, 1.54) is 24.2 Å². The fourth-order valence-corrected chi connectivity index (χ4v) is 4.51. The summed E-state index contributed by atoms with van der Waals surface area (Å²) in [6.07, 6.45) is 7.52. The number of ether oxygens (including phenoxy) is 1. The van der Waals surface area contributed by atoms with Gasteiger partial charge in [0.2, 0.25) is 0 Å². The molecule has 0 amide bonds. The molecule has 1 aliphatic heterocycles. The van der Waals surface area contributed by atoms with Gasteiger partial charge in [-0.2, -0.15) is 0 Å². The summed E-state index contributed by atoms with van der Waals surface area (Å²) in [6, 6.07) is 6.08. The largest absolute Gasteiger partial charge is 0.497 e. The number of carbonyl (C=O) groups excluding carboxylic acids is 1. The minimum Gasteiger partial charge on any atom is -0.497 e. The molecular weight excluding hydrogens is 306 g/mol. The Kier molecular flexibility index (Phi) is 4.72. The van der Waals surface area contributed by atoms with Crippen LogP contribution in [0.4, 0.5) is 0 Å². The normalized spacial score (nSPS) is 22.3. The van der Waals surface area contributed by atoms with Crippen LogP contribution in [0.2, 0.25) is 0 Å². The second-order valence-electron chi connectivity index (χ2n) is 6.89. The first-order valence-electron chi connectivity index (χ1n) is 8.40. The second kappa shape index (κ2) is 6.60. The van der Waals surface area contributed by atoms with Crippen molar-refractivity contribution in [2.24, 2.45) is 5.92 Å². The van der Waals surface area contributed by atoms with Crippen molar-refractivity contribution in [1.29, 1.82) is 0 Å². The zero-order valence-corrected chi connectivity index (χ0v) is 15.0. The average Bonchev–Trinajstić information content (AvgIpc) is 2.54. The molecule has 1 aromatic carbocycles. The van der Waals surface area contributed by atoms with E-state index in [4.69, 9.17) is 4.74 Å². The van der Waals surface area contributed by atoms with Gasteiger partial charge in [0, 0.05) is 28.1 Å². The molecule has 3 rings (SSSR count). The SMILES string of the molecule is COc1ccc2c(c1)/C(=C/C(=O)C1CCCCC1)NC(C)(C)S2. The predicted octanol–water partition coefficient (Wildman–Crippen LogP) is 4.62. The summed E-state index contributed by atoms with van der Waals surface area (Å²) in [5.74, 6) is 1.29. The van der Waals surface area contributed by atoms with Crippen molar-refractivity contribution in [3.05, 3.63) is 29.8 Å². The molecule has 0 bridgehead atoms. The standard InChI is InChI=1S/C19H25NO2S/c1-19(2)20-16(12-17(21)13-7-5-4-6-8-13)15-11-14(22-3)9-10-18(15)23-19/h9-13,20H,4-8H2,1-3H3/b16-12-. The first-order valence-corrected chi connectivity index (χ1v) is 9.21. The first kappa shape index (κ1) is 16.4. The lowest BCUT2D eigenvalue weighted by atomic mass is 9.85. The van der Waals surface area contributed by atoms with Gasteiger partial charge in [0.25, 0.3) is 0 Å². The maximum absolute atomic E-state index is 12.7. The highest BCUT2D eigenvalue weighted by atomic mass is 32.2. The van der Waals surface area contributed by atoms with Gasteiger partial charge in [-0.3, -0.25) is 4.79 Å². The van der Waals surface area contributed by atoms with Crippen molar-refractivity contribution in [3.8, 4) is 5.75 Å². The van der Waals surface area contributed by atoms with Crippen LogP contribution in [0.25, 0.3) is 5.70 Å². The summed E-state index contributed by atoms with van der Waals surface area (Å²) in [7, 11) is 1.67. The smallest absolute Gasteiger partial charge is 0.160 e. The quantitative estimate of drug-likeness (QED) is 0.820. The predicted molar refractivity (Wildman–Crippen MR) is 95.6 cm³/mol. The lowest BCUT2D eigenvalue weighted by Crippen LogP contribution is -2.38. The molecule has 1 heterocycles. The van der Waals surface area contributed by atoms with Gasteiger partial charge in [0.15, 0.2) is 5.78 Å². The molecule has 0 aromatic heterocycles. The maximum Gasteiger partial charge on any atom is 0.160 e. The zero-order chi connectivity index (χ0) is 16.4. The lowest BCUT2D eigenvalue weighted by molar-refractivity contribution is -0.119. The molecule has 1 fully saturated rings. The van der Waals surface area contributed by atoms with Crippen LogP contribution >= 0.6 is 11.8 Å². The van der Waals surface area contributed by atoms with E-state index in [2.05, 4.69) is 25.2 Å². The van der Waals surface area contributed by atoms with E-state index in [9.17, 15) is 4.79 Å². The monoisotopic (exact) mass is 331 g/mol. The minimum absolute atomic E-state index is 0.125. The van der Waals surface area contributed by atoms with Crippen molar-refractivity contribution in [1.82, 2.24) is 5.32 Å². The molecule has 0 saturated heterocycles. The van der Waals surface area contributed by atoms with E-state index in [0.29, 0.717) is 0 Å². The first-order chi connectivity index (χ1) is 11.0. The van der Waals surface area contributed by atoms with E-state index in [1.807, 2.05) is 18.2 Å². The maximum atomic E-state index is 12.7. The van der Waals surface area contributed by atoms with E-state index in [1.54, 1.807) is 18.9 Å². The molecule has 23 heavy (non-hydrogen) atoms. The molecule has 0 atom stereocenters. The summed E-state index contributed by atoms with van der Waals surface area (Å²) in [4.78, 5) is 13.8. The minimum atomic E-state index is -0.125. The molecule has 0 spiro atoms. The third-order valence-electron chi connectivity index (χ3n) is 4.57. The van der Waals surface area contributed by atoms with Gasteiger partial charge >= 0.3 is 0 Å². The third-order valence-corrected chi connectivity index (χ3v) is 5.76. The number of benzene rings is 1. The molecule has 4 heteroatoms. The lowest BCUT2D eigenvalue weighted by Gasteiger charge is -2.35. The molecule has 2 aliphatic rings. The Morgan fingerprint density at radius 1 is 1.30 bits per heavy atom.